The van der Waals surface area contributed by atoms with Crippen molar-refractivity contribution in [3.05, 3.63) is 71.3 Å². The summed E-state index contributed by atoms with van der Waals surface area (Å²) in [5, 5.41) is 9.64. The van der Waals surface area contributed by atoms with Gasteiger partial charge in [-0.15, -0.1) is 0 Å². The highest BCUT2D eigenvalue weighted by atomic mass is 16.3. The van der Waals surface area contributed by atoms with Crippen molar-refractivity contribution in [2.45, 2.75) is 26.2 Å². The maximum Gasteiger partial charge on any atom is 0.189 e. The Labute approximate surface area is 125 Å². The molecular formula is C19H20O2. The van der Waals surface area contributed by atoms with Gasteiger partial charge in [0.2, 0.25) is 0 Å². The Morgan fingerprint density at radius 3 is 2.48 bits per heavy atom. The van der Waals surface area contributed by atoms with Crippen LogP contribution in [0.25, 0.3) is 6.08 Å². The first-order valence-corrected chi connectivity index (χ1v) is 7.30. The SMILES string of the molecule is CCCCc1ccc(C=CC(=O)c2ccccc2O)cc1. The number of carbonyl (C=O) groups excluding carboxylic acids is 1. The molecule has 0 saturated heterocycles. The van der Waals surface area contributed by atoms with E-state index < -0.39 is 0 Å². The molecule has 0 aliphatic carbocycles. The van der Waals surface area contributed by atoms with Crippen molar-refractivity contribution in [3.63, 3.8) is 0 Å². The zero-order valence-electron chi connectivity index (χ0n) is 12.3. The van der Waals surface area contributed by atoms with E-state index in [4.69, 9.17) is 0 Å². The Morgan fingerprint density at radius 1 is 1.10 bits per heavy atom. The second-order valence-corrected chi connectivity index (χ2v) is 5.06. The highest BCUT2D eigenvalue weighted by Crippen LogP contribution is 2.17. The van der Waals surface area contributed by atoms with E-state index in [1.54, 1.807) is 24.3 Å². The molecule has 108 valence electrons. The second-order valence-electron chi connectivity index (χ2n) is 5.06. The summed E-state index contributed by atoms with van der Waals surface area (Å²) in [6, 6.07) is 14.8. The first-order chi connectivity index (χ1) is 10.2. The van der Waals surface area contributed by atoms with Crippen LogP contribution in [0.3, 0.4) is 0 Å². The lowest BCUT2D eigenvalue weighted by atomic mass is 10.0. The number of phenols is 1. The summed E-state index contributed by atoms with van der Waals surface area (Å²) < 4.78 is 0. The van der Waals surface area contributed by atoms with Gasteiger partial charge in [0, 0.05) is 0 Å². The van der Waals surface area contributed by atoms with E-state index in [2.05, 4.69) is 19.1 Å². The average Bonchev–Trinajstić information content (AvgIpc) is 2.52. The molecule has 0 bridgehead atoms. The third-order valence-corrected chi connectivity index (χ3v) is 3.40. The van der Waals surface area contributed by atoms with Crippen LogP contribution in [0.15, 0.2) is 54.6 Å². The Hall–Kier alpha value is -2.35. The summed E-state index contributed by atoms with van der Waals surface area (Å²) in [7, 11) is 0. The molecule has 2 heteroatoms. The molecule has 2 nitrogen and oxygen atoms in total. The van der Waals surface area contributed by atoms with Crippen molar-refractivity contribution in [1.29, 1.82) is 0 Å². The van der Waals surface area contributed by atoms with Crippen molar-refractivity contribution >= 4 is 11.9 Å². The summed E-state index contributed by atoms with van der Waals surface area (Å²) in [6.07, 6.45) is 6.75. The van der Waals surface area contributed by atoms with Crippen LogP contribution in [0.2, 0.25) is 0 Å². The highest BCUT2D eigenvalue weighted by molar-refractivity contribution is 6.08. The molecule has 0 atom stereocenters. The number of carbonyl (C=O) groups is 1. The molecule has 0 amide bonds. The van der Waals surface area contributed by atoms with Gasteiger partial charge in [-0.3, -0.25) is 4.79 Å². The first kappa shape index (κ1) is 15.0. The minimum absolute atomic E-state index is 0.0158. The van der Waals surface area contributed by atoms with Crippen molar-refractivity contribution in [1.82, 2.24) is 0 Å². The van der Waals surface area contributed by atoms with Gasteiger partial charge in [-0.1, -0.05) is 55.8 Å². The average molecular weight is 280 g/mol. The summed E-state index contributed by atoms with van der Waals surface area (Å²) >= 11 is 0. The number of hydrogen-bond donors (Lipinski definition) is 1. The molecule has 21 heavy (non-hydrogen) atoms. The van der Waals surface area contributed by atoms with Gasteiger partial charge in [-0.25, -0.2) is 0 Å². The fraction of sp³-hybridized carbons (Fsp3) is 0.211. The van der Waals surface area contributed by atoms with Gasteiger partial charge in [0.25, 0.3) is 0 Å². The molecule has 2 aromatic carbocycles. The number of aryl methyl sites for hydroxylation is 1. The van der Waals surface area contributed by atoms with Gasteiger partial charge in [0.15, 0.2) is 5.78 Å². The zero-order chi connectivity index (χ0) is 15.1. The molecular weight excluding hydrogens is 260 g/mol. The predicted molar refractivity (Wildman–Crippen MR) is 86.5 cm³/mol. The number of phenolic OH excluding ortho intramolecular Hbond substituents is 1. The number of unbranched alkanes of at least 4 members (excludes halogenated alkanes) is 1. The number of aromatic hydroxyl groups is 1. The topological polar surface area (TPSA) is 37.3 Å². The molecule has 0 aliphatic heterocycles. The van der Waals surface area contributed by atoms with E-state index in [-0.39, 0.29) is 11.5 Å². The van der Waals surface area contributed by atoms with Crippen LogP contribution in [-0.4, -0.2) is 10.9 Å². The standard InChI is InChI=1S/C19H20O2/c1-2-3-6-15-9-11-16(12-10-15)13-14-19(21)17-7-4-5-8-18(17)20/h4-5,7-14,20H,2-3,6H2,1H3. The van der Waals surface area contributed by atoms with Crippen molar-refractivity contribution in [2.75, 3.05) is 0 Å². The third kappa shape index (κ3) is 4.32. The van der Waals surface area contributed by atoms with E-state index in [1.807, 2.05) is 12.1 Å². The molecule has 0 saturated carbocycles. The van der Waals surface area contributed by atoms with Gasteiger partial charge in [0.1, 0.15) is 5.75 Å². The van der Waals surface area contributed by atoms with E-state index in [0.29, 0.717) is 5.56 Å². The minimum Gasteiger partial charge on any atom is -0.507 e. The van der Waals surface area contributed by atoms with Crippen molar-refractivity contribution < 1.29 is 9.90 Å². The summed E-state index contributed by atoms with van der Waals surface area (Å²) in [4.78, 5) is 12.0. The molecule has 0 unspecified atom stereocenters. The molecule has 0 aromatic heterocycles. The number of para-hydroxylation sites is 1. The third-order valence-electron chi connectivity index (χ3n) is 3.40. The monoisotopic (exact) mass is 280 g/mol. The van der Waals surface area contributed by atoms with E-state index in [9.17, 15) is 9.90 Å². The van der Waals surface area contributed by atoms with Gasteiger partial charge >= 0.3 is 0 Å². The molecule has 0 fully saturated rings. The number of rotatable bonds is 6. The number of hydrogen-bond acceptors (Lipinski definition) is 2. The van der Waals surface area contributed by atoms with Crippen LogP contribution in [0.1, 0.15) is 41.3 Å². The van der Waals surface area contributed by atoms with Crippen LogP contribution in [0, 0.1) is 0 Å². The maximum absolute atomic E-state index is 12.0. The predicted octanol–water partition coefficient (Wildman–Crippen LogP) is 4.63. The Bertz CT molecular complexity index is 624. The second kappa shape index (κ2) is 7.44. The van der Waals surface area contributed by atoms with Gasteiger partial charge in [-0.2, -0.15) is 0 Å². The van der Waals surface area contributed by atoms with Gasteiger partial charge < -0.3 is 5.11 Å². The number of ketones is 1. The fourth-order valence-electron chi connectivity index (χ4n) is 2.12. The Morgan fingerprint density at radius 2 is 1.81 bits per heavy atom. The molecule has 2 aromatic rings. The van der Waals surface area contributed by atoms with E-state index >= 15 is 0 Å². The lowest BCUT2D eigenvalue weighted by Gasteiger charge is -2.01. The summed E-state index contributed by atoms with van der Waals surface area (Å²) in [6.45, 7) is 2.18. The number of benzene rings is 2. The smallest absolute Gasteiger partial charge is 0.189 e. The van der Waals surface area contributed by atoms with E-state index in [1.165, 1.54) is 30.5 Å². The fourth-order valence-corrected chi connectivity index (χ4v) is 2.12. The molecule has 1 N–H and O–H groups in total. The largest absolute Gasteiger partial charge is 0.507 e. The quantitative estimate of drug-likeness (QED) is 0.618. The number of allylic oxidation sites excluding steroid dienone is 1. The highest BCUT2D eigenvalue weighted by Gasteiger charge is 2.06. The van der Waals surface area contributed by atoms with Crippen LogP contribution < -0.4 is 0 Å². The molecule has 2 rings (SSSR count). The first-order valence-electron chi connectivity index (χ1n) is 7.30. The summed E-state index contributed by atoms with van der Waals surface area (Å²) in [5.41, 5.74) is 2.63. The van der Waals surface area contributed by atoms with Crippen molar-refractivity contribution in [2.24, 2.45) is 0 Å². The van der Waals surface area contributed by atoms with Crippen LogP contribution in [-0.2, 0) is 6.42 Å². The molecule has 0 radical (unpaired) electrons. The van der Waals surface area contributed by atoms with Gasteiger partial charge in [0.05, 0.1) is 5.56 Å². The molecule has 0 spiro atoms. The van der Waals surface area contributed by atoms with E-state index in [0.717, 1.165) is 12.0 Å². The minimum atomic E-state index is -0.192. The Kier molecular flexibility index (Phi) is 5.33. The zero-order valence-corrected chi connectivity index (χ0v) is 12.3. The van der Waals surface area contributed by atoms with Gasteiger partial charge in [-0.05, 0) is 42.2 Å². The normalized spacial score (nSPS) is 10.9. The Balaban J connectivity index is 2.04. The lowest BCUT2D eigenvalue weighted by molar-refractivity contribution is 0.104. The summed E-state index contributed by atoms with van der Waals surface area (Å²) in [5.74, 6) is -0.176. The van der Waals surface area contributed by atoms with Crippen LogP contribution >= 0.6 is 0 Å². The van der Waals surface area contributed by atoms with Crippen molar-refractivity contribution in [3.8, 4) is 5.75 Å². The van der Waals surface area contributed by atoms with Crippen LogP contribution in [0.4, 0.5) is 0 Å². The lowest BCUT2D eigenvalue weighted by Crippen LogP contribution is -1.94. The molecule has 0 heterocycles. The molecule has 0 aliphatic rings. The maximum atomic E-state index is 12.0. The van der Waals surface area contributed by atoms with Crippen LogP contribution in [0.5, 0.6) is 5.75 Å².